The maximum Gasteiger partial charge on any atom is 0.326 e. The molecule has 4 aromatic rings. The molecule has 1 aromatic heterocycles. The number of H-pyrrole nitrogens is 1. The normalized spacial score (nSPS) is 17.6. The number of nitrogens with zero attached hydrogens (tertiary/aromatic N) is 2. The number of likely N-dealkylation sites (tertiary alicyclic amines) is 1. The average Bonchev–Trinajstić information content (AvgIpc) is 3.13. The molecule has 184 valence electrons. The predicted molar refractivity (Wildman–Crippen MR) is 137 cm³/mol. The zero-order valence-electron chi connectivity index (χ0n) is 20.1. The van der Waals surface area contributed by atoms with Crippen molar-refractivity contribution >= 4 is 22.7 Å². The van der Waals surface area contributed by atoms with Gasteiger partial charge in [0, 0.05) is 36.3 Å². The molecule has 0 saturated carbocycles. The number of fused-ring (bicyclic) bond motifs is 3. The Morgan fingerprint density at radius 1 is 1.00 bits per heavy atom. The van der Waals surface area contributed by atoms with Crippen LogP contribution in [0.5, 0.6) is 5.75 Å². The van der Waals surface area contributed by atoms with E-state index in [9.17, 15) is 13.6 Å². The summed E-state index contributed by atoms with van der Waals surface area (Å²) in [7, 11) is 0. The van der Waals surface area contributed by atoms with Gasteiger partial charge in [-0.1, -0.05) is 19.1 Å². The van der Waals surface area contributed by atoms with Crippen LogP contribution in [0.1, 0.15) is 48.1 Å². The number of ether oxygens (including phenoxy) is 1. The maximum absolute atomic E-state index is 14.0. The summed E-state index contributed by atoms with van der Waals surface area (Å²) in [6.45, 7) is 5.33. The van der Waals surface area contributed by atoms with Crippen molar-refractivity contribution in [1.29, 1.82) is 0 Å². The number of imidazole rings is 1. The van der Waals surface area contributed by atoms with Crippen LogP contribution < -0.4 is 10.4 Å². The lowest BCUT2D eigenvalue weighted by molar-refractivity contribution is 0.195. The minimum atomic E-state index is -0.393. The molecule has 0 radical (unpaired) electrons. The SMILES string of the molecule is CCN1CCC(n2c(=O)[nH]c3cc(/C=C4\c5ccc(F)cc5COc5cc(F)ccc54)ccc32)CC1. The highest BCUT2D eigenvalue weighted by Crippen LogP contribution is 2.39. The van der Waals surface area contributed by atoms with Crippen molar-refractivity contribution in [2.75, 3.05) is 19.6 Å². The standard InChI is InChI=1S/C29H27F2N3O2/c1-2-33-11-9-22(10-12-33)34-27-8-3-18(14-26(27)32-29(34)35)13-25-23-6-4-20(30)15-19(23)17-36-28-16-21(31)5-7-24(25)28/h3-8,13-16,22H,2,9-12,17H2,1H3,(H,32,35)/b25-13+. The van der Waals surface area contributed by atoms with Gasteiger partial charge in [0.2, 0.25) is 0 Å². The van der Waals surface area contributed by atoms with Crippen molar-refractivity contribution < 1.29 is 13.5 Å². The van der Waals surface area contributed by atoms with Crippen LogP contribution in [0.3, 0.4) is 0 Å². The fourth-order valence-corrected chi connectivity index (χ4v) is 5.50. The topological polar surface area (TPSA) is 50.3 Å². The third kappa shape index (κ3) is 4.03. The molecule has 0 atom stereocenters. The summed E-state index contributed by atoms with van der Waals surface area (Å²) in [5.41, 5.74) is 5.52. The van der Waals surface area contributed by atoms with Gasteiger partial charge in [0.1, 0.15) is 24.0 Å². The smallest absolute Gasteiger partial charge is 0.326 e. The molecule has 3 heterocycles. The molecule has 0 aliphatic carbocycles. The molecular weight excluding hydrogens is 460 g/mol. The number of hydrogen-bond acceptors (Lipinski definition) is 3. The number of halogens is 2. The second-order valence-corrected chi connectivity index (χ2v) is 9.53. The van der Waals surface area contributed by atoms with E-state index in [1.54, 1.807) is 12.1 Å². The molecule has 6 rings (SSSR count). The molecule has 2 aliphatic rings. The van der Waals surface area contributed by atoms with Crippen molar-refractivity contribution in [2.45, 2.75) is 32.4 Å². The van der Waals surface area contributed by atoms with Gasteiger partial charge < -0.3 is 14.6 Å². The van der Waals surface area contributed by atoms with Crippen LogP contribution in [0.4, 0.5) is 8.78 Å². The van der Waals surface area contributed by atoms with Gasteiger partial charge in [0.05, 0.1) is 11.0 Å². The average molecular weight is 488 g/mol. The summed E-state index contributed by atoms with van der Waals surface area (Å²) in [5.74, 6) is -0.328. The largest absolute Gasteiger partial charge is 0.488 e. The lowest BCUT2D eigenvalue weighted by Crippen LogP contribution is -2.36. The van der Waals surface area contributed by atoms with Crippen LogP contribution in [0.15, 0.2) is 59.4 Å². The van der Waals surface area contributed by atoms with Crippen LogP contribution in [0.25, 0.3) is 22.7 Å². The van der Waals surface area contributed by atoms with Crippen LogP contribution in [0, 0.1) is 11.6 Å². The molecular formula is C29H27F2N3O2. The Balaban J connectivity index is 1.44. The van der Waals surface area contributed by atoms with Gasteiger partial charge >= 0.3 is 5.69 Å². The molecule has 1 N–H and O–H groups in total. The first-order chi connectivity index (χ1) is 17.5. The van der Waals surface area contributed by atoms with Gasteiger partial charge in [-0.15, -0.1) is 0 Å². The Morgan fingerprint density at radius 3 is 2.53 bits per heavy atom. The maximum atomic E-state index is 14.0. The molecule has 0 unspecified atom stereocenters. The van der Waals surface area contributed by atoms with E-state index in [4.69, 9.17) is 4.74 Å². The molecule has 0 bridgehead atoms. The lowest BCUT2D eigenvalue weighted by Gasteiger charge is -2.31. The van der Waals surface area contributed by atoms with Gasteiger partial charge in [-0.25, -0.2) is 13.6 Å². The fourth-order valence-electron chi connectivity index (χ4n) is 5.50. The Labute approximate surface area is 207 Å². The summed E-state index contributed by atoms with van der Waals surface area (Å²) in [4.78, 5) is 18.4. The van der Waals surface area contributed by atoms with Crippen molar-refractivity contribution in [3.8, 4) is 5.75 Å². The Kier molecular flexibility index (Phi) is 5.72. The first-order valence-corrected chi connectivity index (χ1v) is 12.4. The van der Waals surface area contributed by atoms with E-state index in [2.05, 4.69) is 16.8 Å². The number of rotatable bonds is 3. The highest BCUT2D eigenvalue weighted by molar-refractivity contribution is 5.95. The second-order valence-electron chi connectivity index (χ2n) is 9.53. The van der Waals surface area contributed by atoms with E-state index in [1.165, 1.54) is 24.3 Å². The van der Waals surface area contributed by atoms with Crippen molar-refractivity contribution in [3.05, 3.63) is 99.0 Å². The summed E-state index contributed by atoms with van der Waals surface area (Å²) in [6.07, 6.45) is 3.89. The summed E-state index contributed by atoms with van der Waals surface area (Å²) >= 11 is 0. The predicted octanol–water partition coefficient (Wildman–Crippen LogP) is 5.75. The highest BCUT2D eigenvalue weighted by Gasteiger charge is 2.24. The lowest BCUT2D eigenvalue weighted by atomic mass is 9.92. The van der Waals surface area contributed by atoms with Crippen LogP contribution in [0.2, 0.25) is 0 Å². The molecule has 0 amide bonds. The molecule has 1 saturated heterocycles. The van der Waals surface area contributed by atoms with E-state index in [-0.39, 0.29) is 24.2 Å². The van der Waals surface area contributed by atoms with Crippen molar-refractivity contribution in [1.82, 2.24) is 14.5 Å². The molecule has 2 aliphatic heterocycles. The van der Waals surface area contributed by atoms with Gasteiger partial charge in [0.25, 0.3) is 0 Å². The van der Waals surface area contributed by atoms with Gasteiger partial charge in [0.15, 0.2) is 0 Å². The molecule has 0 spiro atoms. The van der Waals surface area contributed by atoms with Gasteiger partial charge in [-0.05, 0) is 78.6 Å². The molecule has 7 heteroatoms. The molecule has 3 aromatic carbocycles. The molecule has 36 heavy (non-hydrogen) atoms. The Morgan fingerprint density at radius 2 is 1.75 bits per heavy atom. The van der Waals surface area contributed by atoms with E-state index in [1.807, 2.05) is 28.8 Å². The minimum absolute atomic E-state index is 0.0886. The van der Waals surface area contributed by atoms with Crippen LogP contribution in [-0.2, 0) is 6.61 Å². The Bertz CT molecular complexity index is 1490. The zero-order valence-corrected chi connectivity index (χ0v) is 20.1. The third-order valence-corrected chi connectivity index (χ3v) is 7.40. The van der Waals surface area contributed by atoms with Crippen LogP contribution in [-0.4, -0.2) is 34.1 Å². The summed E-state index contributed by atoms with van der Waals surface area (Å²) in [6, 6.07) is 15.2. The van der Waals surface area contributed by atoms with E-state index in [0.29, 0.717) is 11.3 Å². The first kappa shape index (κ1) is 22.7. The van der Waals surface area contributed by atoms with Gasteiger partial charge in [-0.2, -0.15) is 0 Å². The van der Waals surface area contributed by atoms with Gasteiger partial charge in [-0.3, -0.25) is 4.57 Å². The minimum Gasteiger partial charge on any atom is -0.488 e. The monoisotopic (exact) mass is 487 g/mol. The third-order valence-electron chi connectivity index (χ3n) is 7.40. The van der Waals surface area contributed by atoms with Crippen molar-refractivity contribution in [2.24, 2.45) is 0 Å². The van der Waals surface area contributed by atoms with E-state index in [0.717, 1.165) is 65.8 Å². The number of nitrogens with one attached hydrogen (secondary N) is 1. The van der Waals surface area contributed by atoms with E-state index < -0.39 is 5.82 Å². The molecule has 1 fully saturated rings. The number of aromatic amines is 1. The first-order valence-electron chi connectivity index (χ1n) is 12.4. The second kappa shape index (κ2) is 9.06. The quantitative estimate of drug-likeness (QED) is 0.401. The molecule has 5 nitrogen and oxygen atoms in total. The van der Waals surface area contributed by atoms with Crippen molar-refractivity contribution in [3.63, 3.8) is 0 Å². The Hall–Kier alpha value is -3.71. The fraction of sp³-hybridized carbons (Fsp3) is 0.276. The summed E-state index contributed by atoms with van der Waals surface area (Å²) < 4.78 is 35.7. The summed E-state index contributed by atoms with van der Waals surface area (Å²) in [5, 5.41) is 0. The van der Waals surface area contributed by atoms with E-state index >= 15 is 0 Å². The number of piperidine rings is 1. The zero-order chi connectivity index (χ0) is 24.8. The highest BCUT2D eigenvalue weighted by atomic mass is 19.1. The number of aromatic nitrogens is 2. The number of hydrogen-bond donors (Lipinski definition) is 1. The van der Waals surface area contributed by atoms with Crippen LogP contribution >= 0.6 is 0 Å². The number of benzene rings is 3.